The van der Waals surface area contributed by atoms with Gasteiger partial charge in [0.15, 0.2) is 0 Å². The van der Waals surface area contributed by atoms with Crippen LogP contribution in [0.4, 0.5) is 0 Å². The number of rotatable bonds is 50. The monoisotopic (exact) mass is 910 g/mol. The summed E-state index contributed by atoms with van der Waals surface area (Å²) in [5, 5.41) is 23.8. The number of nitrogens with one attached hydrogen (secondary N) is 1. The first-order valence-electron chi connectivity index (χ1n) is 28.0. The number of hydrogen-bond donors (Lipinski definition) is 3. The van der Waals surface area contributed by atoms with Gasteiger partial charge in [-0.2, -0.15) is 0 Å². The molecule has 3 atom stereocenters. The summed E-state index contributed by atoms with van der Waals surface area (Å²) >= 11 is 0. The van der Waals surface area contributed by atoms with Crippen LogP contribution in [0.2, 0.25) is 0 Å². The summed E-state index contributed by atoms with van der Waals surface area (Å²) in [5.74, 6) is -0.513. The van der Waals surface area contributed by atoms with E-state index in [9.17, 15) is 19.8 Å². The summed E-state index contributed by atoms with van der Waals surface area (Å²) in [6, 6.07) is -0.712. The number of aliphatic hydroxyl groups excluding tert-OH is 2. The van der Waals surface area contributed by atoms with E-state index in [1.165, 1.54) is 141 Å². The SMILES string of the molecule is CCCCC/C=C\C/C=C\C/C=C\C/C=C\CCCCCC(=O)OC(CCCCCCC/C=C\CCCCCC)CC(=O)NC(CO)C(O)CCCCCCCCCCCCCCCC. The molecular formula is C59H107NO5. The third-order valence-corrected chi connectivity index (χ3v) is 12.6. The molecule has 0 aromatic heterocycles. The number of unbranched alkanes of at least 4 members (excludes halogenated alkanes) is 28. The number of aliphatic hydroxyl groups is 2. The maximum Gasteiger partial charge on any atom is 0.306 e. The summed E-state index contributed by atoms with van der Waals surface area (Å²) in [5.41, 5.74) is 0. The third kappa shape index (κ3) is 47.8. The zero-order valence-corrected chi connectivity index (χ0v) is 43.1. The number of carbonyl (C=O) groups excluding carboxylic acids is 2. The predicted octanol–water partition coefficient (Wildman–Crippen LogP) is 17.2. The van der Waals surface area contributed by atoms with Gasteiger partial charge in [0.25, 0.3) is 0 Å². The molecule has 0 aromatic carbocycles. The zero-order valence-electron chi connectivity index (χ0n) is 43.1. The Morgan fingerprint density at radius 3 is 1.25 bits per heavy atom. The van der Waals surface area contributed by atoms with Crippen LogP contribution in [0.3, 0.4) is 0 Å². The van der Waals surface area contributed by atoms with Gasteiger partial charge >= 0.3 is 5.97 Å². The van der Waals surface area contributed by atoms with Crippen molar-refractivity contribution in [3.05, 3.63) is 60.8 Å². The number of ether oxygens (including phenoxy) is 1. The fraction of sp³-hybridized carbons (Fsp3) is 0.797. The van der Waals surface area contributed by atoms with Crippen molar-refractivity contribution in [3.8, 4) is 0 Å². The molecule has 0 bridgehead atoms. The summed E-state index contributed by atoms with van der Waals surface area (Å²) in [7, 11) is 0. The molecule has 0 spiro atoms. The van der Waals surface area contributed by atoms with E-state index in [2.05, 4.69) is 86.8 Å². The Balaban J connectivity index is 4.60. The van der Waals surface area contributed by atoms with E-state index in [4.69, 9.17) is 4.74 Å². The Hall–Kier alpha value is -2.44. The fourth-order valence-corrected chi connectivity index (χ4v) is 8.29. The molecule has 378 valence electrons. The van der Waals surface area contributed by atoms with Crippen molar-refractivity contribution in [2.24, 2.45) is 0 Å². The first-order valence-corrected chi connectivity index (χ1v) is 28.0. The van der Waals surface area contributed by atoms with Gasteiger partial charge in [-0.05, 0) is 96.3 Å². The molecule has 6 heteroatoms. The second kappa shape index (κ2) is 52.5. The van der Waals surface area contributed by atoms with Gasteiger partial charge in [-0.15, -0.1) is 0 Å². The molecule has 6 nitrogen and oxygen atoms in total. The largest absolute Gasteiger partial charge is 0.462 e. The first-order chi connectivity index (χ1) is 32.0. The standard InChI is InChI=1S/C59H107NO5/c1-4-7-10-13-16-19-22-25-27-28-29-30-31-34-37-40-43-46-49-52-59(64)65-55(50-47-44-41-38-35-32-24-21-18-15-12-9-6-3)53-58(63)60-56(54-61)57(62)51-48-45-42-39-36-33-26-23-20-17-14-11-8-5-2/h16,19,21,24-25,27,29-30,34,37,55-57,61-62H,4-15,17-18,20,22-23,26,28,31-33,35-36,38-54H2,1-3H3,(H,60,63)/b19-16-,24-21-,27-25-,30-29-,37-34-. The van der Waals surface area contributed by atoms with Gasteiger partial charge in [0, 0.05) is 6.42 Å². The molecule has 0 aliphatic heterocycles. The highest BCUT2D eigenvalue weighted by atomic mass is 16.5. The molecule has 0 saturated carbocycles. The highest BCUT2D eigenvalue weighted by Crippen LogP contribution is 2.18. The number of esters is 1. The van der Waals surface area contributed by atoms with Gasteiger partial charge in [0.05, 0.1) is 25.2 Å². The molecule has 3 unspecified atom stereocenters. The minimum absolute atomic E-state index is 0.0585. The fourth-order valence-electron chi connectivity index (χ4n) is 8.29. The van der Waals surface area contributed by atoms with Crippen LogP contribution in [-0.4, -0.2) is 46.9 Å². The molecule has 0 heterocycles. The topological polar surface area (TPSA) is 95.9 Å². The summed E-state index contributed by atoms with van der Waals surface area (Å²) < 4.78 is 5.93. The molecule has 0 fully saturated rings. The minimum atomic E-state index is -0.797. The van der Waals surface area contributed by atoms with Crippen LogP contribution in [0.25, 0.3) is 0 Å². The van der Waals surface area contributed by atoms with Crippen LogP contribution in [0, 0.1) is 0 Å². The molecule has 65 heavy (non-hydrogen) atoms. The molecule has 0 saturated heterocycles. The van der Waals surface area contributed by atoms with E-state index in [0.29, 0.717) is 19.3 Å². The van der Waals surface area contributed by atoms with E-state index in [1.807, 2.05) is 0 Å². The highest BCUT2D eigenvalue weighted by Gasteiger charge is 2.24. The lowest BCUT2D eigenvalue weighted by Gasteiger charge is -2.24. The average molecular weight is 911 g/mol. The van der Waals surface area contributed by atoms with Crippen molar-refractivity contribution in [2.45, 2.75) is 296 Å². The number of carbonyl (C=O) groups is 2. The van der Waals surface area contributed by atoms with Crippen molar-refractivity contribution in [2.75, 3.05) is 6.61 Å². The lowest BCUT2D eigenvalue weighted by Crippen LogP contribution is -2.46. The molecule has 1 amide bonds. The zero-order chi connectivity index (χ0) is 47.4. The number of amides is 1. The van der Waals surface area contributed by atoms with Gasteiger partial charge in [-0.25, -0.2) is 0 Å². The van der Waals surface area contributed by atoms with Crippen LogP contribution >= 0.6 is 0 Å². The van der Waals surface area contributed by atoms with Crippen LogP contribution < -0.4 is 5.32 Å². The summed E-state index contributed by atoms with van der Waals surface area (Å²) in [6.07, 6.45) is 65.6. The van der Waals surface area contributed by atoms with Crippen molar-refractivity contribution in [1.82, 2.24) is 5.32 Å². The lowest BCUT2D eigenvalue weighted by molar-refractivity contribution is -0.151. The van der Waals surface area contributed by atoms with E-state index in [1.54, 1.807) is 0 Å². The smallest absolute Gasteiger partial charge is 0.306 e. The maximum atomic E-state index is 13.2. The van der Waals surface area contributed by atoms with Gasteiger partial charge in [-0.3, -0.25) is 9.59 Å². The Morgan fingerprint density at radius 2 is 0.785 bits per heavy atom. The van der Waals surface area contributed by atoms with E-state index in [-0.39, 0.29) is 24.9 Å². The van der Waals surface area contributed by atoms with E-state index >= 15 is 0 Å². The number of hydrogen-bond acceptors (Lipinski definition) is 5. The van der Waals surface area contributed by atoms with Crippen molar-refractivity contribution in [1.29, 1.82) is 0 Å². The van der Waals surface area contributed by atoms with Crippen LogP contribution in [0.1, 0.15) is 278 Å². The number of allylic oxidation sites excluding steroid dienone is 10. The lowest BCUT2D eigenvalue weighted by atomic mass is 10.0. The van der Waals surface area contributed by atoms with Crippen molar-refractivity contribution in [3.63, 3.8) is 0 Å². The van der Waals surface area contributed by atoms with E-state index < -0.39 is 18.2 Å². The quantitative estimate of drug-likeness (QED) is 0.0321. The predicted molar refractivity (Wildman–Crippen MR) is 282 cm³/mol. The first kappa shape index (κ1) is 62.6. The van der Waals surface area contributed by atoms with Crippen LogP contribution in [0.5, 0.6) is 0 Å². The maximum absolute atomic E-state index is 13.2. The minimum Gasteiger partial charge on any atom is -0.462 e. The van der Waals surface area contributed by atoms with Crippen molar-refractivity contribution < 1.29 is 24.5 Å². The molecule has 0 aliphatic rings. The van der Waals surface area contributed by atoms with Crippen LogP contribution in [0.15, 0.2) is 60.8 Å². The van der Waals surface area contributed by atoms with Gasteiger partial charge in [-0.1, -0.05) is 229 Å². The van der Waals surface area contributed by atoms with Gasteiger partial charge in [0.2, 0.25) is 5.91 Å². The van der Waals surface area contributed by atoms with Crippen LogP contribution in [-0.2, 0) is 14.3 Å². The summed E-state index contributed by atoms with van der Waals surface area (Å²) in [6.45, 7) is 6.45. The highest BCUT2D eigenvalue weighted by molar-refractivity contribution is 5.77. The molecule has 0 aromatic rings. The third-order valence-electron chi connectivity index (χ3n) is 12.6. The molecule has 0 rings (SSSR count). The van der Waals surface area contributed by atoms with Gasteiger partial charge in [0.1, 0.15) is 6.10 Å². The summed E-state index contributed by atoms with van der Waals surface area (Å²) in [4.78, 5) is 26.2. The normalized spacial score (nSPS) is 13.6. The molecular weight excluding hydrogens is 803 g/mol. The molecule has 0 radical (unpaired) electrons. The average Bonchev–Trinajstić information content (AvgIpc) is 3.30. The second-order valence-corrected chi connectivity index (χ2v) is 19.0. The van der Waals surface area contributed by atoms with E-state index in [0.717, 1.165) is 89.9 Å². The Bertz CT molecular complexity index is 1160. The Morgan fingerprint density at radius 1 is 0.446 bits per heavy atom. The molecule has 3 N–H and O–H groups in total. The molecule has 0 aliphatic carbocycles. The Kier molecular flexibility index (Phi) is 50.6. The second-order valence-electron chi connectivity index (χ2n) is 19.0. The van der Waals surface area contributed by atoms with Gasteiger partial charge < -0.3 is 20.3 Å². The van der Waals surface area contributed by atoms with Crippen molar-refractivity contribution >= 4 is 11.9 Å². The Labute approximate surface area is 403 Å².